The number of fused-ring (bicyclic) bond motifs is 6. The molecule has 6 heterocycles. The highest BCUT2D eigenvalue weighted by atomic mass is 31.1. The molecule has 124 heavy (non-hydrogen) atoms. The number of amides is 7. The number of nitrogens with zero attached hydrogens (tertiary/aromatic N) is 7. The minimum Gasteiger partial charge on any atom is -0.474 e. The number of imidazole rings is 1. The van der Waals surface area contributed by atoms with Gasteiger partial charge in [-0.05, 0) is 72.4 Å². The maximum atomic E-state index is 14.0. The summed E-state index contributed by atoms with van der Waals surface area (Å²) < 4.78 is 113. The molecule has 3 unspecified atom stereocenters. The minimum atomic E-state index is -2.95. The van der Waals surface area contributed by atoms with Gasteiger partial charge >= 0.3 is 22.6 Å². The Morgan fingerprint density at radius 1 is 0.661 bits per heavy atom. The van der Waals surface area contributed by atoms with E-state index in [-0.39, 0.29) is 106 Å². The molecule has 11 rings (SSSR count). The van der Waals surface area contributed by atoms with Crippen LogP contribution in [-0.2, 0) is 118 Å². The van der Waals surface area contributed by atoms with Gasteiger partial charge in [0, 0.05) is 95.5 Å². The summed E-state index contributed by atoms with van der Waals surface area (Å²) in [4.78, 5) is 129. The van der Waals surface area contributed by atoms with E-state index in [0.717, 1.165) is 22.4 Å². The molecule has 2 saturated heterocycles. The van der Waals surface area contributed by atoms with Crippen LogP contribution in [-0.4, -0.2) is 256 Å². The first-order valence-corrected chi connectivity index (χ1v) is 42.8. The lowest BCUT2D eigenvalue weighted by Crippen LogP contribution is -2.53. The number of hydrogen-bond acceptors (Lipinski definition) is 30. The summed E-state index contributed by atoms with van der Waals surface area (Å²) in [6.45, 7) is 10.2. The molecule has 11 atom stereocenters. The molecule has 41 heteroatoms. The number of benzene rings is 4. The summed E-state index contributed by atoms with van der Waals surface area (Å²) in [6, 6.07) is 27.7. The SMILES string of the molecule is CC(C)[C@H](NC(=O)CCOCCOCCOCCOCCOCCOCCOCCOCCNC(=O)CCC(=O)N1Cc2ccccc2C#Cc2ccccc21)C(=O)N[C@@H](C)C(=O)Nc1ccc(COC(=O)N(C)Cc2ccccc2C(=O)Nc2nc3c(ncn3C3O[C@@H]4CO[P+](=O)O[C@H]5C[C@H](Oc6ccncn6)C[C@@H]5CO[P+](=O)O[C@@H]3[C@H]4O)c(=O)[nH]2)cc1. The van der Waals surface area contributed by atoms with Crippen LogP contribution in [0.15, 0.2) is 127 Å². The maximum Gasteiger partial charge on any atom is 0.697 e. The number of carbonyl (C=O) groups excluding carboxylic acids is 7. The molecule has 4 aliphatic rings. The molecule has 0 radical (unpaired) electrons. The van der Waals surface area contributed by atoms with E-state index in [1.165, 1.54) is 48.4 Å². The second kappa shape index (κ2) is 49.2. The van der Waals surface area contributed by atoms with Gasteiger partial charge in [0.25, 0.3) is 11.5 Å². The lowest BCUT2D eigenvalue weighted by Gasteiger charge is -2.26. The van der Waals surface area contributed by atoms with E-state index < -0.39 is 113 Å². The Hall–Kier alpha value is -10.6. The molecule has 3 fully saturated rings. The number of anilines is 3. The Morgan fingerprint density at radius 2 is 1.29 bits per heavy atom. The highest BCUT2D eigenvalue weighted by molar-refractivity contribution is 7.33. The molecule has 1 aliphatic carbocycles. The van der Waals surface area contributed by atoms with Crippen molar-refractivity contribution < 1.29 is 118 Å². The molecule has 3 aliphatic heterocycles. The zero-order valence-electron chi connectivity index (χ0n) is 69.1. The number of rotatable bonds is 45. The molecule has 4 aromatic carbocycles. The predicted octanol–water partition coefficient (Wildman–Crippen LogP) is 6.13. The zero-order chi connectivity index (χ0) is 87.5. The smallest absolute Gasteiger partial charge is 0.474 e. The Labute approximate surface area is 716 Å². The number of aromatic amines is 1. The number of H-pyrrole nitrogens is 1. The summed E-state index contributed by atoms with van der Waals surface area (Å²) in [7, 11) is -4.27. The van der Waals surface area contributed by atoms with Crippen molar-refractivity contribution in [3.05, 3.63) is 166 Å². The number of carbonyl (C=O) groups is 7. The number of nitrogens with one attached hydrogen (secondary N) is 6. The van der Waals surface area contributed by atoms with Crippen molar-refractivity contribution in [2.45, 2.75) is 121 Å². The molecule has 664 valence electrons. The van der Waals surface area contributed by atoms with Crippen molar-refractivity contribution >= 4 is 86.5 Å². The third-order valence-electron chi connectivity index (χ3n) is 19.8. The van der Waals surface area contributed by atoms with E-state index in [4.69, 9.17) is 70.2 Å². The van der Waals surface area contributed by atoms with Gasteiger partial charge in [-0.3, -0.25) is 48.4 Å². The first-order valence-electron chi connectivity index (χ1n) is 40.6. The standard InChI is InChI=1S/C83H101N13O26P2/c1-54(2)72(90-69(98)26-29-108-31-33-110-35-37-112-39-41-114-43-44-115-42-40-113-38-36-111-34-32-109-30-28-85-68(97)23-24-71(99)95-48-59-13-6-5-11-57(59)19-20-58-12-8-10-16-65(58)95)79(103)88-55(3)77(101)89-62-21-17-56(18-22-62)49-116-83(105)94(4)47-60-14-7-9-15-64(60)78(102)92-82-91-76-73(80(104)93-82)87-53-96(76)81-75-74(100)67(120-81)51-118-123(106)121-66-46-63(119-70-25-27-84-52-86-70)45-61(66)50-117-124(107)122-75/h5-18,21-22,25,27,52-55,61,63,66-67,72,74-75,81,100H,23-24,26,28-51H2,1-4H3,(H4-2,85,88,89,90,91,92,93,97,98,101,102,103,104)/p+2/t55-,61+,63+,66-,67+,72-,74-,75+,81?/m0/s1. The van der Waals surface area contributed by atoms with E-state index in [1.54, 1.807) is 67.3 Å². The van der Waals surface area contributed by atoms with E-state index in [1.807, 2.05) is 48.5 Å². The monoisotopic (exact) mass is 1760 g/mol. The molecular formula is C83H103N13O26P2+2. The van der Waals surface area contributed by atoms with Crippen LogP contribution in [0.5, 0.6) is 5.88 Å². The molecule has 0 spiro atoms. The minimum absolute atomic E-state index is 0.0232. The van der Waals surface area contributed by atoms with Gasteiger partial charge in [-0.1, -0.05) is 86.4 Å². The molecule has 7 N–H and O–H groups in total. The van der Waals surface area contributed by atoms with Crippen LogP contribution in [0.4, 0.5) is 22.1 Å². The largest absolute Gasteiger partial charge is 0.697 e. The van der Waals surface area contributed by atoms with Gasteiger partial charge in [-0.25, -0.2) is 19.7 Å². The Kier molecular flexibility index (Phi) is 37.3. The van der Waals surface area contributed by atoms with E-state index >= 15 is 0 Å². The summed E-state index contributed by atoms with van der Waals surface area (Å²) in [6.07, 6.45) is -2.76. The van der Waals surface area contributed by atoms with Crippen molar-refractivity contribution in [1.82, 2.24) is 50.3 Å². The number of aliphatic hydroxyl groups is 1. The van der Waals surface area contributed by atoms with Crippen molar-refractivity contribution in [2.24, 2.45) is 11.8 Å². The van der Waals surface area contributed by atoms with Crippen molar-refractivity contribution in [1.29, 1.82) is 0 Å². The van der Waals surface area contributed by atoms with Gasteiger partial charge in [-0.2, -0.15) is 4.98 Å². The van der Waals surface area contributed by atoms with E-state index in [2.05, 4.69) is 63.3 Å². The lowest BCUT2D eigenvalue weighted by molar-refractivity contribution is -0.132. The van der Waals surface area contributed by atoms with Crippen LogP contribution in [0.2, 0.25) is 0 Å². The summed E-state index contributed by atoms with van der Waals surface area (Å²) in [5.41, 5.74) is 3.62. The molecule has 7 amide bonds. The number of aromatic nitrogens is 6. The molecular weight excluding hydrogens is 1660 g/mol. The second-order valence-electron chi connectivity index (χ2n) is 29.2. The maximum absolute atomic E-state index is 14.0. The van der Waals surface area contributed by atoms with E-state index in [9.17, 15) is 52.6 Å². The topological polar surface area (TPSA) is 468 Å². The van der Waals surface area contributed by atoms with Crippen LogP contribution in [0.25, 0.3) is 11.2 Å². The van der Waals surface area contributed by atoms with Crippen molar-refractivity contribution in [3.63, 3.8) is 0 Å². The fourth-order valence-electron chi connectivity index (χ4n) is 13.3. The molecule has 2 bridgehead atoms. The molecule has 3 aromatic heterocycles. The van der Waals surface area contributed by atoms with Gasteiger partial charge in [0.2, 0.25) is 41.4 Å². The van der Waals surface area contributed by atoms with Crippen LogP contribution in [0.1, 0.15) is 97.3 Å². The number of hydrogen-bond donors (Lipinski definition) is 7. The predicted molar refractivity (Wildman–Crippen MR) is 443 cm³/mol. The Balaban J connectivity index is 0.487. The van der Waals surface area contributed by atoms with Gasteiger partial charge in [-0.15, -0.1) is 18.1 Å². The first-order chi connectivity index (χ1) is 60.2. The van der Waals surface area contributed by atoms with Gasteiger partial charge < -0.3 is 88.3 Å². The molecule has 1 saturated carbocycles. The average molecular weight is 1760 g/mol. The van der Waals surface area contributed by atoms with Crippen molar-refractivity contribution in [3.8, 4) is 17.7 Å². The molecule has 7 aromatic rings. The number of aliphatic hydroxyl groups excluding tert-OH is 1. The molecule has 39 nitrogen and oxygen atoms in total. The zero-order valence-corrected chi connectivity index (χ0v) is 70.9. The highest BCUT2D eigenvalue weighted by Gasteiger charge is 2.54. The van der Waals surface area contributed by atoms with Crippen LogP contribution >= 0.6 is 16.5 Å². The Morgan fingerprint density at radius 3 is 1.98 bits per heavy atom. The Bertz CT molecular complexity index is 4850. The third kappa shape index (κ3) is 29.0. The first kappa shape index (κ1) is 94.1. The average Bonchev–Trinajstić information content (AvgIpc) is 1.60. The normalized spacial score (nSPS) is 19.1. The summed E-state index contributed by atoms with van der Waals surface area (Å²) in [5, 5.41) is 25.0. The fourth-order valence-corrected chi connectivity index (χ4v) is 14.9. The third-order valence-corrected chi connectivity index (χ3v) is 21.4. The van der Waals surface area contributed by atoms with Gasteiger partial charge in [0.05, 0.1) is 124 Å². The van der Waals surface area contributed by atoms with Crippen molar-refractivity contribution in [2.75, 3.05) is 148 Å². The van der Waals surface area contributed by atoms with Gasteiger partial charge in [0.15, 0.2) is 23.5 Å². The summed E-state index contributed by atoms with van der Waals surface area (Å²) >= 11 is 0. The van der Waals surface area contributed by atoms with Crippen LogP contribution in [0, 0.1) is 23.7 Å². The fraction of sp³-hybridized carbons (Fsp3) is 0.494. The summed E-state index contributed by atoms with van der Waals surface area (Å²) in [5.74, 6) is 2.96. The van der Waals surface area contributed by atoms with Crippen LogP contribution < -0.4 is 41.8 Å². The van der Waals surface area contributed by atoms with Crippen LogP contribution in [0.3, 0.4) is 0 Å². The lowest BCUT2D eigenvalue weighted by atomic mass is 10.0. The quantitative estimate of drug-likeness (QED) is 0.0128. The highest BCUT2D eigenvalue weighted by Crippen LogP contribution is 2.45. The number of ether oxygens (including phenoxy) is 11. The van der Waals surface area contributed by atoms with Gasteiger partial charge in [0.1, 0.15) is 62.6 Å². The van der Waals surface area contributed by atoms with E-state index in [0.29, 0.717) is 128 Å². The second-order valence-corrected chi connectivity index (χ2v) is 31.0. The number of para-hydroxylation sites is 1.